The highest BCUT2D eigenvalue weighted by Gasteiger charge is 2.30. The Bertz CT molecular complexity index is 517. The number of nitrogens with one attached hydrogen (secondary N) is 1. The zero-order chi connectivity index (χ0) is 12.5. The maximum Gasteiger partial charge on any atom is 0.416 e. The van der Waals surface area contributed by atoms with Crippen molar-refractivity contribution in [3.05, 3.63) is 42.2 Å². The van der Waals surface area contributed by atoms with Gasteiger partial charge in [-0.15, -0.1) is 0 Å². The molecular formula is C11H10F3N3. The van der Waals surface area contributed by atoms with E-state index in [1.807, 2.05) is 0 Å². The van der Waals surface area contributed by atoms with Crippen molar-refractivity contribution in [3.8, 4) is 5.69 Å². The minimum absolute atomic E-state index is 0.418. The van der Waals surface area contributed by atoms with E-state index in [9.17, 15) is 13.2 Å². The van der Waals surface area contributed by atoms with Gasteiger partial charge in [0, 0.05) is 25.1 Å². The van der Waals surface area contributed by atoms with Gasteiger partial charge in [-0.25, -0.2) is 4.98 Å². The Hall–Kier alpha value is -1.98. The van der Waals surface area contributed by atoms with Gasteiger partial charge in [-0.3, -0.25) is 4.57 Å². The summed E-state index contributed by atoms with van der Waals surface area (Å²) < 4.78 is 39.2. The number of hydrogen-bond acceptors (Lipinski definition) is 2. The molecule has 0 spiro atoms. The van der Waals surface area contributed by atoms with Gasteiger partial charge in [0.05, 0.1) is 5.56 Å². The highest BCUT2D eigenvalue weighted by atomic mass is 19.4. The summed E-state index contributed by atoms with van der Waals surface area (Å²) in [5.41, 5.74) is -0.257. The second kappa shape index (κ2) is 4.12. The van der Waals surface area contributed by atoms with Crippen LogP contribution >= 0.6 is 0 Å². The van der Waals surface area contributed by atoms with E-state index in [1.54, 1.807) is 23.9 Å². The maximum absolute atomic E-state index is 12.6. The van der Waals surface area contributed by atoms with E-state index in [0.29, 0.717) is 11.6 Å². The molecule has 0 unspecified atom stereocenters. The molecule has 0 saturated carbocycles. The van der Waals surface area contributed by atoms with Gasteiger partial charge in [0.2, 0.25) is 5.95 Å². The van der Waals surface area contributed by atoms with Crippen LogP contribution in [0.4, 0.5) is 19.1 Å². The SMILES string of the molecule is CNc1nccn1-c1cccc(C(F)(F)F)c1. The van der Waals surface area contributed by atoms with E-state index in [0.717, 1.165) is 12.1 Å². The van der Waals surface area contributed by atoms with Gasteiger partial charge in [0.15, 0.2) is 0 Å². The number of alkyl halides is 3. The van der Waals surface area contributed by atoms with Gasteiger partial charge in [0.25, 0.3) is 0 Å². The van der Waals surface area contributed by atoms with Crippen molar-refractivity contribution < 1.29 is 13.2 Å². The van der Waals surface area contributed by atoms with Crippen LogP contribution in [0.25, 0.3) is 5.69 Å². The average molecular weight is 241 g/mol. The molecule has 6 heteroatoms. The average Bonchev–Trinajstić information content (AvgIpc) is 2.76. The van der Waals surface area contributed by atoms with Crippen molar-refractivity contribution in [2.75, 3.05) is 12.4 Å². The third-order valence-corrected chi connectivity index (χ3v) is 2.32. The molecule has 3 nitrogen and oxygen atoms in total. The molecule has 1 aromatic heterocycles. The lowest BCUT2D eigenvalue weighted by atomic mass is 10.2. The van der Waals surface area contributed by atoms with Gasteiger partial charge in [-0.05, 0) is 18.2 Å². The Balaban J connectivity index is 2.47. The van der Waals surface area contributed by atoms with Crippen molar-refractivity contribution in [2.24, 2.45) is 0 Å². The van der Waals surface area contributed by atoms with Crippen LogP contribution in [0.5, 0.6) is 0 Å². The van der Waals surface area contributed by atoms with Crippen molar-refractivity contribution in [2.45, 2.75) is 6.18 Å². The number of nitrogens with zero attached hydrogens (tertiary/aromatic N) is 2. The molecule has 2 rings (SSSR count). The van der Waals surface area contributed by atoms with Gasteiger partial charge in [-0.2, -0.15) is 13.2 Å². The largest absolute Gasteiger partial charge is 0.416 e. The van der Waals surface area contributed by atoms with Crippen LogP contribution in [0, 0.1) is 0 Å². The summed E-state index contributed by atoms with van der Waals surface area (Å²) in [6.45, 7) is 0. The highest BCUT2D eigenvalue weighted by Crippen LogP contribution is 2.30. The molecule has 1 aromatic carbocycles. The number of halogens is 3. The van der Waals surface area contributed by atoms with Crippen molar-refractivity contribution >= 4 is 5.95 Å². The van der Waals surface area contributed by atoms with Crippen LogP contribution in [0.15, 0.2) is 36.7 Å². The summed E-state index contributed by atoms with van der Waals surface area (Å²) in [4.78, 5) is 3.97. The molecule has 0 aliphatic heterocycles. The van der Waals surface area contributed by atoms with Gasteiger partial charge < -0.3 is 5.32 Å². The van der Waals surface area contributed by atoms with Crippen molar-refractivity contribution in [1.29, 1.82) is 0 Å². The third-order valence-electron chi connectivity index (χ3n) is 2.32. The second-order valence-electron chi connectivity index (χ2n) is 3.42. The van der Waals surface area contributed by atoms with E-state index in [-0.39, 0.29) is 0 Å². The molecule has 17 heavy (non-hydrogen) atoms. The Morgan fingerprint density at radius 1 is 1.29 bits per heavy atom. The molecule has 0 aliphatic carbocycles. The number of hydrogen-bond donors (Lipinski definition) is 1. The molecule has 90 valence electrons. The third kappa shape index (κ3) is 2.25. The predicted octanol–water partition coefficient (Wildman–Crippen LogP) is 2.93. The van der Waals surface area contributed by atoms with Crippen LogP contribution in [0.3, 0.4) is 0 Å². The lowest BCUT2D eigenvalue weighted by molar-refractivity contribution is -0.137. The molecule has 0 atom stereocenters. The molecular weight excluding hydrogens is 231 g/mol. The van der Waals surface area contributed by atoms with Crippen molar-refractivity contribution in [3.63, 3.8) is 0 Å². The van der Waals surface area contributed by atoms with E-state index in [1.165, 1.54) is 12.3 Å². The molecule has 0 bridgehead atoms. The van der Waals surface area contributed by atoms with Crippen LogP contribution in [-0.2, 0) is 6.18 Å². The minimum Gasteiger partial charge on any atom is -0.358 e. The molecule has 1 heterocycles. The minimum atomic E-state index is -4.34. The fourth-order valence-electron chi connectivity index (χ4n) is 1.53. The van der Waals surface area contributed by atoms with Crippen LogP contribution in [-0.4, -0.2) is 16.6 Å². The summed E-state index contributed by atoms with van der Waals surface area (Å²) in [7, 11) is 1.66. The van der Waals surface area contributed by atoms with Gasteiger partial charge in [-0.1, -0.05) is 6.07 Å². The highest BCUT2D eigenvalue weighted by molar-refractivity contribution is 5.43. The molecule has 0 radical (unpaired) electrons. The Morgan fingerprint density at radius 3 is 2.71 bits per heavy atom. The maximum atomic E-state index is 12.6. The van der Waals surface area contributed by atoms with Crippen LogP contribution < -0.4 is 5.32 Å². The Morgan fingerprint density at radius 2 is 2.06 bits per heavy atom. The Kier molecular flexibility index (Phi) is 2.79. The quantitative estimate of drug-likeness (QED) is 0.876. The van der Waals surface area contributed by atoms with Gasteiger partial charge >= 0.3 is 6.18 Å². The number of anilines is 1. The molecule has 0 saturated heterocycles. The van der Waals surface area contributed by atoms with E-state index in [2.05, 4.69) is 10.3 Å². The van der Waals surface area contributed by atoms with E-state index < -0.39 is 11.7 Å². The molecule has 1 N–H and O–H groups in total. The van der Waals surface area contributed by atoms with Crippen LogP contribution in [0.1, 0.15) is 5.56 Å². The van der Waals surface area contributed by atoms with E-state index >= 15 is 0 Å². The molecule has 0 fully saturated rings. The number of rotatable bonds is 2. The zero-order valence-corrected chi connectivity index (χ0v) is 8.99. The zero-order valence-electron chi connectivity index (χ0n) is 8.99. The van der Waals surface area contributed by atoms with E-state index in [4.69, 9.17) is 0 Å². The summed E-state index contributed by atoms with van der Waals surface area (Å²) >= 11 is 0. The first-order valence-electron chi connectivity index (χ1n) is 4.91. The molecule has 0 aliphatic rings. The first-order valence-corrected chi connectivity index (χ1v) is 4.91. The summed E-state index contributed by atoms with van der Waals surface area (Å²) in [6.07, 6.45) is -1.22. The normalized spacial score (nSPS) is 11.5. The van der Waals surface area contributed by atoms with Crippen molar-refractivity contribution in [1.82, 2.24) is 9.55 Å². The second-order valence-corrected chi connectivity index (χ2v) is 3.42. The smallest absolute Gasteiger partial charge is 0.358 e. The predicted molar refractivity (Wildman–Crippen MR) is 58.1 cm³/mol. The Labute approximate surface area is 95.9 Å². The lowest BCUT2D eigenvalue weighted by Crippen LogP contribution is -2.07. The first kappa shape index (κ1) is 11.5. The summed E-state index contributed by atoms with van der Waals surface area (Å²) in [5, 5.41) is 2.80. The first-order chi connectivity index (χ1) is 8.02. The molecule has 0 amide bonds. The lowest BCUT2D eigenvalue weighted by Gasteiger charge is -2.10. The number of imidazole rings is 1. The topological polar surface area (TPSA) is 29.9 Å². The summed E-state index contributed by atoms with van der Waals surface area (Å²) in [6, 6.07) is 5.09. The number of aromatic nitrogens is 2. The standard InChI is InChI=1S/C11H10F3N3/c1-15-10-16-5-6-17(10)9-4-2-3-8(7-9)11(12,13)14/h2-7H,1H3,(H,15,16). The fourth-order valence-corrected chi connectivity index (χ4v) is 1.53. The van der Waals surface area contributed by atoms with Crippen LogP contribution in [0.2, 0.25) is 0 Å². The number of benzene rings is 1. The van der Waals surface area contributed by atoms with Gasteiger partial charge in [0.1, 0.15) is 0 Å². The fraction of sp³-hybridized carbons (Fsp3) is 0.182. The summed E-state index contributed by atoms with van der Waals surface area (Å²) in [5.74, 6) is 0.490. The monoisotopic (exact) mass is 241 g/mol. The molecule has 2 aromatic rings.